The van der Waals surface area contributed by atoms with Gasteiger partial charge in [-0.3, -0.25) is 0 Å². The molecule has 2 aliphatic rings. The Morgan fingerprint density at radius 1 is 0.933 bits per heavy atom. The van der Waals surface area contributed by atoms with Crippen LogP contribution in [0.4, 0.5) is 0 Å². The number of nitrogens with zero attached hydrogens (tertiary/aromatic N) is 1. The van der Waals surface area contributed by atoms with Crippen LogP contribution in [0.15, 0.2) is 0 Å². The van der Waals surface area contributed by atoms with Gasteiger partial charge in [0.2, 0.25) is 0 Å². The summed E-state index contributed by atoms with van der Waals surface area (Å²) in [6, 6.07) is 0. The van der Waals surface area contributed by atoms with Gasteiger partial charge < -0.3 is 4.90 Å². The minimum absolute atomic E-state index is 0.675. The summed E-state index contributed by atoms with van der Waals surface area (Å²) in [5, 5.41) is 0. The Bertz CT molecular complexity index is 203. The first-order valence-electron chi connectivity index (χ1n) is 6.76. The maximum absolute atomic E-state index is 2.50. The first-order valence-corrected chi connectivity index (χ1v) is 6.76. The van der Waals surface area contributed by atoms with E-state index in [9.17, 15) is 0 Å². The van der Waals surface area contributed by atoms with Crippen molar-refractivity contribution < 1.29 is 0 Å². The van der Waals surface area contributed by atoms with Crippen molar-refractivity contribution in [3.05, 3.63) is 0 Å². The van der Waals surface area contributed by atoms with Gasteiger partial charge in [-0.25, -0.2) is 0 Å². The van der Waals surface area contributed by atoms with Crippen molar-refractivity contribution in [1.29, 1.82) is 0 Å². The summed E-state index contributed by atoms with van der Waals surface area (Å²) in [6.07, 6.45) is 10.3. The first kappa shape index (κ1) is 11.4. The van der Waals surface area contributed by atoms with Crippen LogP contribution in [0.2, 0.25) is 0 Å². The molecule has 0 N–H and O–H groups in total. The van der Waals surface area contributed by atoms with E-state index in [-0.39, 0.29) is 0 Å². The molecule has 1 heteroatoms. The summed E-state index contributed by atoms with van der Waals surface area (Å²) in [4.78, 5) is 2.50. The van der Waals surface area contributed by atoms with Gasteiger partial charge in [0.25, 0.3) is 0 Å². The van der Waals surface area contributed by atoms with Crippen molar-refractivity contribution in [2.75, 3.05) is 20.1 Å². The molecule has 0 bridgehead atoms. The van der Waals surface area contributed by atoms with Gasteiger partial charge >= 0.3 is 0 Å². The van der Waals surface area contributed by atoms with Gasteiger partial charge in [-0.15, -0.1) is 0 Å². The zero-order valence-corrected chi connectivity index (χ0v) is 10.8. The fourth-order valence-electron chi connectivity index (χ4n) is 3.33. The normalized spacial score (nSPS) is 30.6. The summed E-state index contributed by atoms with van der Waals surface area (Å²) in [7, 11) is 2.27. The number of likely N-dealkylation sites (tertiary alicyclic amines) is 1. The summed E-state index contributed by atoms with van der Waals surface area (Å²) in [6.45, 7) is 7.53. The minimum atomic E-state index is 0.675. The summed E-state index contributed by atoms with van der Waals surface area (Å²) < 4.78 is 0. The lowest BCUT2D eigenvalue weighted by atomic mass is 9.60. The predicted molar refractivity (Wildman–Crippen MR) is 66.0 cm³/mol. The van der Waals surface area contributed by atoms with E-state index in [1.165, 1.54) is 58.0 Å². The van der Waals surface area contributed by atoms with Gasteiger partial charge in [-0.05, 0) is 69.5 Å². The molecule has 1 heterocycles. The van der Waals surface area contributed by atoms with Gasteiger partial charge in [0.05, 0.1) is 0 Å². The highest BCUT2D eigenvalue weighted by atomic mass is 15.1. The molecule has 1 saturated heterocycles. The number of piperidine rings is 1. The van der Waals surface area contributed by atoms with E-state index in [0.717, 1.165) is 5.41 Å². The third-order valence-corrected chi connectivity index (χ3v) is 5.42. The Labute approximate surface area is 95.2 Å². The first-order chi connectivity index (χ1) is 7.08. The molecular weight excluding hydrogens is 182 g/mol. The number of rotatable bonds is 1. The maximum Gasteiger partial charge on any atom is -0.00165 e. The largest absolute Gasteiger partial charge is 0.306 e. The van der Waals surface area contributed by atoms with Crippen LogP contribution >= 0.6 is 0 Å². The molecule has 1 saturated carbocycles. The van der Waals surface area contributed by atoms with Crippen molar-refractivity contribution in [3.8, 4) is 0 Å². The maximum atomic E-state index is 2.50. The van der Waals surface area contributed by atoms with E-state index in [2.05, 4.69) is 25.8 Å². The van der Waals surface area contributed by atoms with E-state index in [0.29, 0.717) is 5.41 Å². The van der Waals surface area contributed by atoms with E-state index in [1.54, 1.807) is 0 Å². The molecule has 0 amide bonds. The Hall–Kier alpha value is -0.0400. The lowest BCUT2D eigenvalue weighted by Crippen LogP contribution is -2.41. The number of hydrogen-bond donors (Lipinski definition) is 0. The lowest BCUT2D eigenvalue weighted by Gasteiger charge is -2.48. The molecule has 2 rings (SSSR count). The van der Waals surface area contributed by atoms with Crippen molar-refractivity contribution in [2.24, 2.45) is 10.8 Å². The molecule has 1 aliphatic carbocycles. The second-order valence-corrected chi connectivity index (χ2v) is 6.47. The van der Waals surface area contributed by atoms with Gasteiger partial charge in [0, 0.05) is 0 Å². The molecule has 88 valence electrons. The van der Waals surface area contributed by atoms with Crippen molar-refractivity contribution in [2.45, 2.75) is 58.8 Å². The van der Waals surface area contributed by atoms with Gasteiger partial charge in [0.1, 0.15) is 0 Å². The van der Waals surface area contributed by atoms with Gasteiger partial charge in [-0.2, -0.15) is 0 Å². The predicted octanol–water partition coefficient (Wildman–Crippen LogP) is 3.69. The second-order valence-electron chi connectivity index (χ2n) is 6.47. The van der Waals surface area contributed by atoms with Gasteiger partial charge in [0.15, 0.2) is 0 Å². The Kier molecular flexibility index (Phi) is 3.12. The Morgan fingerprint density at radius 2 is 1.47 bits per heavy atom. The van der Waals surface area contributed by atoms with Crippen LogP contribution in [0.5, 0.6) is 0 Å². The third kappa shape index (κ3) is 2.38. The SMILES string of the molecule is CCC1(C)CCC2(CCN(C)CC2)CC1. The lowest BCUT2D eigenvalue weighted by molar-refractivity contribution is 0.0309. The highest BCUT2D eigenvalue weighted by Gasteiger charge is 2.40. The highest BCUT2D eigenvalue weighted by molar-refractivity contribution is 4.92. The third-order valence-electron chi connectivity index (χ3n) is 5.42. The average Bonchev–Trinajstić information content (AvgIpc) is 2.27. The molecule has 1 nitrogen and oxygen atoms in total. The zero-order valence-electron chi connectivity index (χ0n) is 10.8. The van der Waals surface area contributed by atoms with Crippen molar-refractivity contribution in [1.82, 2.24) is 4.90 Å². The highest BCUT2D eigenvalue weighted by Crippen LogP contribution is 2.51. The molecule has 1 spiro atoms. The summed E-state index contributed by atoms with van der Waals surface area (Å²) in [5.41, 5.74) is 1.43. The molecule has 0 unspecified atom stereocenters. The molecule has 0 aromatic rings. The summed E-state index contributed by atoms with van der Waals surface area (Å²) >= 11 is 0. The molecule has 0 atom stereocenters. The molecule has 15 heavy (non-hydrogen) atoms. The van der Waals surface area contributed by atoms with Crippen molar-refractivity contribution in [3.63, 3.8) is 0 Å². The van der Waals surface area contributed by atoms with E-state index >= 15 is 0 Å². The molecule has 0 radical (unpaired) electrons. The molecular formula is C14H27N. The van der Waals surface area contributed by atoms with E-state index in [1.807, 2.05) is 0 Å². The quantitative estimate of drug-likeness (QED) is 0.636. The van der Waals surface area contributed by atoms with Crippen molar-refractivity contribution >= 4 is 0 Å². The van der Waals surface area contributed by atoms with Crippen LogP contribution in [0, 0.1) is 10.8 Å². The molecule has 0 aromatic heterocycles. The minimum Gasteiger partial charge on any atom is -0.306 e. The second kappa shape index (κ2) is 4.08. The fourth-order valence-corrected chi connectivity index (χ4v) is 3.33. The summed E-state index contributed by atoms with van der Waals surface area (Å²) in [5.74, 6) is 0. The smallest absolute Gasteiger partial charge is 0.00165 e. The van der Waals surface area contributed by atoms with Crippen LogP contribution in [0.1, 0.15) is 58.8 Å². The van der Waals surface area contributed by atoms with Crippen LogP contribution in [-0.4, -0.2) is 25.0 Å². The molecule has 0 aromatic carbocycles. The zero-order chi connectivity index (χ0) is 10.9. The molecule has 1 aliphatic heterocycles. The van der Waals surface area contributed by atoms with Crippen LogP contribution in [-0.2, 0) is 0 Å². The number of hydrogen-bond acceptors (Lipinski definition) is 1. The Morgan fingerprint density at radius 3 is 1.93 bits per heavy atom. The van der Waals surface area contributed by atoms with Crippen LogP contribution in [0.25, 0.3) is 0 Å². The average molecular weight is 209 g/mol. The topological polar surface area (TPSA) is 3.24 Å². The fraction of sp³-hybridized carbons (Fsp3) is 1.00. The van der Waals surface area contributed by atoms with Crippen LogP contribution < -0.4 is 0 Å². The van der Waals surface area contributed by atoms with E-state index in [4.69, 9.17) is 0 Å². The molecule has 2 fully saturated rings. The Balaban J connectivity index is 1.92. The monoisotopic (exact) mass is 209 g/mol. The van der Waals surface area contributed by atoms with E-state index < -0.39 is 0 Å². The van der Waals surface area contributed by atoms with Crippen LogP contribution in [0.3, 0.4) is 0 Å². The van der Waals surface area contributed by atoms with Gasteiger partial charge in [-0.1, -0.05) is 20.3 Å². The standard InChI is InChI=1S/C14H27N/c1-4-13(2)5-7-14(8-6-13)9-11-15(3)12-10-14/h4-12H2,1-3H3.